The van der Waals surface area contributed by atoms with E-state index >= 15 is 0 Å². The van der Waals surface area contributed by atoms with Crippen molar-refractivity contribution >= 4 is 34.8 Å². The first-order valence-electron chi connectivity index (χ1n) is 10.0. The van der Waals surface area contributed by atoms with Gasteiger partial charge >= 0.3 is 5.97 Å². The van der Waals surface area contributed by atoms with Crippen molar-refractivity contribution in [3.05, 3.63) is 62.0 Å². The summed E-state index contributed by atoms with van der Waals surface area (Å²) in [4.78, 5) is 33.1. The van der Waals surface area contributed by atoms with Crippen LogP contribution >= 0.6 is 11.3 Å². The average molecular weight is 427 g/mol. The lowest BCUT2D eigenvalue weighted by Crippen LogP contribution is -2.21. The van der Waals surface area contributed by atoms with E-state index in [1.165, 1.54) is 10.5 Å². The highest BCUT2D eigenvalue weighted by Crippen LogP contribution is 2.20. The van der Waals surface area contributed by atoms with Gasteiger partial charge < -0.3 is 10.4 Å². The SMILES string of the molecule is CCCNc1nc2cc(CCc3nc(C(C)C)cs3)ccn2c(=O)c1/C=C/C(=O)O. The number of aryl methyl sites for hydroxylation is 2. The third-order valence-corrected chi connectivity index (χ3v) is 5.58. The highest BCUT2D eigenvalue weighted by atomic mass is 32.1. The third-order valence-electron chi connectivity index (χ3n) is 4.65. The number of anilines is 1. The van der Waals surface area contributed by atoms with Gasteiger partial charge in [0.25, 0.3) is 5.56 Å². The van der Waals surface area contributed by atoms with Gasteiger partial charge in [0.15, 0.2) is 0 Å². The van der Waals surface area contributed by atoms with Crippen molar-refractivity contribution in [1.29, 1.82) is 0 Å². The zero-order valence-corrected chi connectivity index (χ0v) is 18.2. The van der Waals surface area contributed by atoms with E-state index in [0.717, 1.165) is 41.6 Å². The van der Waals surface area contributed by atoms with E-state index in [1.807, 2.05) is 19.1 Å². The van der Waals surface area contributed by atoms with E-state index in [2.05, 4.69) is 34.5 Å². The van der Waals surface area contributed by atoms with E-state index in [0.29, 0.717) is 23.9 Å². The predicted octanol–water partition coefficient (Wildman–Crippen LogP) is 3.98. The van der Waals surface area contributed by atoms with Crippen LogP contribution in [0.3, 0.4) is 0 Å². The molecule has 0 unspecified atom stereocenters. The molecule has 0 aromatic carbocycles. The number of nitrogens with one attached hydrogen (secondary N) is 1. The minimum absolute atomic E-state index is 0.236. The van der Waals surface area contributed by atoms with Gasteiger partial charge in [0.1, 0.15) is 11.5 Å². The number of carboxylic acid groups (broad SMARTS) is 1. The van der Waals surface area contributed by atoms with E-state index in [-0.39, 0.29) is 11.1 Å². The molecule has 0 aliphatic rings. The standard InChI is InChI=1S/C22H26N4O3S/c1-4-10-23-21-16(6-8-20(27)28)22(29)26-11-9-15(12-18(26)25-21)5-7-19-24-17(13-30-19)14(2)3/h6,8-9,11-14,23H,4-5,7,10H2,1-3H3,(H,27,28)/b8-6+. The summed E-state index contributed by atoms with van der Waals surface area (Å²) in [5.41, 5.74) is 2.66. The van der Waals surface area contributed by atoms with E-state index < -0.39 is 5.97 Å². The summed E-state index contributed by atoms with van der Waals surface area (Å²) in [7, 11) is 0. The first-order chi connectivity index (χ1) is 14.4. The molecule has 3 aromatic rings. The van der Waals surface area contributed by atoms with Crippen LogP contribution in [0.4, 0.5) is 5.82 Å². The summed E-state index contributed by atoms with van der Waals surface area (Å²) in [6, 6.07) is 3.80. The molecule has 3 rings (SSSR count). The fourth-order valence-electron chi connectivity index (χ4n) is 2.99. The van der Waals surface area contributed by atoms with Gasteiger partial charge in [-0.05, 0) is 42.5 Å². The molecule has 0 bridgehead atoms. The van der Waals surface area contributed by atoms with Crippen molar-refractivity contribution < 1.29 is 9.90 Å². The molecule has 0 amide bonds. The first kappa shape index (κ1) is 21.7. The lowest BCUT2D eigenvalue weighted by molar-refractivity contribution is -0.131. The Labute approximate surface area is 179 Å². The van der Waals surface area contributed by atoms with E-state index in [4.69, 9.17) is 5.11 Å². The number of aromatic nitrogens is 3. The molecule has 0 saturated heterocycles. The zero-order chi connectivity index (χ0) is 21.7. The Bertz CT molecular complexity index is 1130. The molecule has 3 aromatic heterocycles. The zero-order valence-electron chi connectivity index (χ0n) is 17.4. The van der Waals surface area contributed by atoms with Crippen molar-refractivity contribution in [2.24, 2.45) is 0 Å². The minimum Gasteiger partial charge on any atom is -0.478 e. The second-order valence-corrected chi connectivity index (χ2v) is 8.30. The van der Waals surface area contributed by atoms with Gasteiger partial charge in [-0.15, -0.1) is 11.3 Å². The van der Waals surface area contributed by atoms with Crippen molar-refractivity contribution in [3.63, 3.8) is 0 Å². The molecule has 0 radical (unpaired) electrons. The number of rotatable bonds is 9. The Kier molecular flexibility index (Phi) is 6.99. The number of hydrogen-bond acceptors (Lipinski definition) is 6. The number of hydrogen-bond donors (Lipinski definition) is 2. The summed E-state index contributed by atoms with van der Waals surface area (Å²) in [6.45, 7) is 6.92. The van der Waals surface area contributed by atoms with Crippen LogP contribution in [0, 0.1) is 0 Å². The average Bonchev–Trinajstić information content (AvgIpc) is 3.19. The Morgan fingerprint density at radius 2 is 2.13 bits per heavy atom. The van der Waals surface area contributed by atoms with Gasteiger partial charge in [0.05, 0.1) is 16.3 Å². The molecule has 2 N–H and O–H groups in total. The Morgan fingerprint density at radius 3 is 2.80 bits per heavy atom. The number of thiazole rings is 1. The van der Waals surface area contributed by atoms with Crippen LogP contribution in [0.15, 0.2) is 34.6 Å². The molecule has 0 aliphatic carbocycles. The molecule has 0 saturated carbocycles. The quantitative estimate of drug-likeness (QED) is 0.503. The van der Waals surface area contributed by atoms with Crippen LogP contribution < -0.4 is 10.9 Å². The summed E-state index contributed by atoms with van der Waals surface area (Å²) in [5.74, 6) is -0.290. The van der Waals surface area contributed by atoms with E-state index in [9.17, 15) is 9.59 Å². The molecule has 0 atom stereocenters. The molecule has 158 valence electrons. The van der Waals surface area contributed by atoms with Crippen LogP contribution in [0.2, 0.25) is 0 Å². The van der Waals surface area contributed by atoms with E-state index in [1.54, 1.807) is 17.5 Å². The summed E-state index contributed by atoms with van der Waals surface area (Å²) >= 11 is 1.68. The van der Waals surface area contributed by atoms with Crippen molar-refractivity contribution in [2.75, 3.05) is 11.9 Å². The third kappa shape index (κ3) is 5.13. The van der Waals surface area contributed by atoms with Crippen molar-refractivity contribution in [2.45, 2.75) is 46.0 Å². The number of carboxylic acids is 1. The smallest absolute Gasteiger partial charge is 0.328 e. The van der Waals surface area contributed by atoms with Gasteiger partial charge in [-0.25, -0.2) is 14.8 Å². The maximum absolute atomic E-state index is 12.9. The van der Waals surface area contributed by atoms with Crippen LogP contribution in [0.1, 0.15) is 54.9 Å². The molecule has 0 spiro atoms. The summed E-state index contributed by atoms with van der Waals surface area (Å²) < 4.78 is 1.45. The molecule has 3 heterocycles. The largest absolute Gasteiger partial charge is 0.478 e. The number of pyridine rings is 1. The Hall–Kier alpha value is -3.00. The minimum atomic E-state index is -1.11. The van der Waals surface area contributed by atoms with Gasteiger partial charge in [0, 0.05) is 30.6 Å². The summed E-state index contributed by atoms with van der Waals surface area (Å²) in [6.07, 6.45) is 6.44. The Morgan fingerprint density at radius 1 is 1.33 bits per heavy atom. The maximum Gasteiger partial charge on any atom is 0.328 e. The lowest BCUT2D eigenvalue weighted by atomic mass is 10.1. The van der Waals surface area contributed by atoms with Crippen LogP contribution in [-0.4, -0.2) is 32.0 Å². The predicted molar refractivity (Wildman–Crippen MR) is 121 cm³/mol. The van der Waals surface area contributed by atoms with Gasteiger partial charge in [-0.3, -0.25) is 9.20 Å². The van der Waals surface area contributed by atoms with Gasteiger partial charge in [-0.1, -0.05) is 20.8 Å². The highest BCUT2D eigenvalue weighted by molar-refractivity contribution is 7.09. The molecule has 0 fully saturated rings. The molecule has 0 aliphatic heterocycles. The van der Waals surface area contributed by atoms with Crippen molar-refractivity contribution in [1.82, 2.24) is 14.4 Å². The molecular formula is C22H26N4O3S. The fourth-order valence-corrected chi connectivity index (χ4v) is 3.95. The van der Waals surface area contributed by atoms with Crippen LogP contribution in [0.5, 0.6) is 0 Å². The summed E-state index contributed by atoms with van der Waals surface area (Å²) in [5, 5.41) is 15.3. The number of nitrogens with zero attached hydrogens (tertiary/aromatic N) is 3. The second kappa shape index (κ2) is 9.67. The first-order valence-corrected chi connectivity index (χ1v) is 10.9. The maximum atomic E-state index is 12.9. The monoisotopic (exact) mass is 426 g/mol. The number of carbonyl (C=O) groups is 1. The highest BCUT2D eigenvalue weighted by Gasteiger charge is 2.12. The lowest BCUT2D eigenvalue weighted by Gasteiger charge is -2.11. The Balaban J connectivity index is 1.91. The van der Waals surface area contributed by atoms with Gasteiger partial charge in [-0.2, -0.15) is 0 Å². The van der Waals surface area contributed by atoms with Crippen LogP contribution in [0.25, 0.3) is 11.7 Å². The van der Waals surface area contributed by atoms with Crippen LogP contribution in [-0.2, 0) is 17.6 Å². The van der Waals surface area contributed by atoms with Crippen molar-refractivity contribution in [3.8, 4) is 0 Å². The number of aliphatic carboxylic acids is 1. The normalized spacial score (nSPS) is 11.6. The van der Waals surface area contributed by atoms with Gasteiger partial charge in [0.2, 0.25) is 0 Å². The fraction of sp³-hybridized carbons (Fsp3) is 0.364. The second-order valence-electron chi connectivity index (χ2n) is 7.36. The molecule has 30 heavy (non-hydrogen) atoms. The molecular weight excluding hydrogens is 400 g/mol. The molecule has 8 heteroatoms. The molecule has 7 nitrogen and oxygen atoms in total. The topological polar surface area (TPSA) is 96.6 Å². The number of fused-ring (bicyclic) bond motifs is 1.